The van der Waals surface area contributed by atoms with Gasteiger partial charge in [-0.05, 0) is 43.3 Å². The molecule has 1 fully saturated rings. The van der Waals surface area contributed by atoms with Crippen molar-refractivity contribution in [3.63, 3.8) is 0 Å². The molecule has 0 spiro atoms. The summed E-state index contributed by atoms with van der Waals surface area (Å²) in [6, 6.07) is 19.5. The van der Waals surface area contributed by atoms with Gasteiger partial charge in [-0.3, -0.25) is 4.79 Å². The van der Waals surface area contributed by atoms with E-state index in [0.29, 0.717) is 41.5 Å². The Morgan fingerprint density at radius 3 is 2.35 bits per heavy atom. The Labute approximate surface area is 186 Å². The smallest absolute Gasteiger partial charge is 0.322 e. The predicted octanol–water partition coefficient (Wildman–Crippen LogP) is 4.71. The summed E-state index contributed by atoms with van der Waals surface area (Å²) < 4.78 is 0. The first-order chi connectivity index (χ1) is 15.0. The SMILES string of the molecule is CC1CN(c2ncccc2Cl)CCN1C(=O)Nc1ccc(C(=O)c2ccccc2)cc1. The predicted molar refractivity (Wildman–Crippen MR) is 123 cm³/mol. The number of amides is 2. The fraction of sp³-hybridized carbons (Fsp3) is 0.208. The first-order valence-corrected chi connectivity index (χ1v) is 10.5. The zero-order valence-corrected chi connectivity index (χ0v) is 17.9. The minimum absolute atomic E-state index is 0.00856. The number of benzene rings is 2. The van der Waals surface area contributed by atoms with Crippen LogP contribution >= 0.6 is 11.6 Å². The van der Waals surface area contributed by atoms with E-state index in [2.05, 4.69) is 15.2 Å². The number of nitrogens with zero attached hydrogens (tertiary/aromatic N) is 3. The molecule has 2 aromatic carbocycles. The van der Waals surface area contributed by atoms with Crippen molar-refractivity contribution in [2.75, 3.05) is 29.9 Å². The van der Waals surface area contributed by atoms with Gasteiger partial charge < -0.3 is 15.1 Å². The summed E-state index contributed by atoms with van der Waals surface area (Å²) in [5.74, 6) is 0.700. The number of ketones is 1. The zero-order chi connectivity index (χ0) is 21.8. The highest BCUT2D eigenvalue weighted by molar-refractivity contribution is 6.32. The van der Waals surface area contributed by atoms with Crippen LogP contribution in [-0.2, 0) is 0 Å². The molecule has 1 aliphatic heterocycles. The van der Waals surface area contributed by atoms with Crippen LogP contribution < -0.4 is 10.2 Å². The Hall–Kier alpha value is -3.38. The van der Waals surface area contributed by atoms with Crippen LogP contribution in [-0.4, -0.2) is 47.4 Å². The molecule has 1 atom stereocenters. The lowest BCUT2D eigenvalue weighted by molar-refractivity contribution is 0.103. The number of urea groups is 1. The number of hydrogen-bond donors (Lipinski definition) is 1. The van der Waals surface area contributed by atoms with Crippen molar-refractivity contribution in [1.29, 1.82) is 0 Å². The van der Waals surface area contributed by atoms with Gasteiger partial charge in [-0.15, -0.1) is 0 Å². The molecule has 7 heteroatoms. The summed E-state index contributed by atoms with van der Waals surface area (Å²) in [7, 11) is 0. The molecule has 1 unspecified atom stereocenters. The number of aromatic nitrogens is 1. The summed E-state index contributed by atoms with van der Waals surface area (Å²) in [5.41, 5.74) is 1.87. The number of halogens is 1. The maximum Gasteiger partial charge on any atom is 0.322 e. The molecule has 1 aromatic heterocycles. The van der Waals surface area contributed by atoms with Crippen molar-refractivity contribution >= 4 is 34.9 Å². The van der Waals surface area contributed by atoms with Crippen LogP contribution in [0, 0.1) is 0 Å². The van der Waals surface area contributed by atoms with Crippen LogP contribution in [0.5, 0.6) is 0 Å². The van der Waals surface area contributed by atoms with Gasteiger partial charge in [-0.1, -0.05) is 41.9 Å². The average molecular weight is 435 g/mol. The Morgan fingerprint density at radius 1 is 0.968 bits per heavy atom. The summed E-state index contributed by atoms with van der Waals surface area (Å²) in [6.45, 7) is 3.86. The van der Waals surface area contributed by atoms with Crippen LogP contribution in [0.4, 0.5) is 16.3 Å². The van der Waals surface area contributed by atoms with Gasteiger partial charge >= 0.3 is 6.03 Å². The van der Waals surface area contributed by atoms with Gasteiger partial charge in [0.25, 0.3) is 0 Å². The number of carbonyl (C=O) groups excluding carboxylic acids is 2. The molecule has 2 heterocycles. The lowest BCUT2D eigenvalue weighted by Gasteiger charge is -2.40. The van der Waals surface area contributed by atoms with Crippen molar-refractivity contribution in [1.82, 2.24) is 9.88 Å². The third-order valence-corrected chi connectivity index (χ3v) is 5.66. The fourth-order valence-electron chi connectivity index (χ4n) is 3.72. The van der Waals surface area contributed by atoms with Gasteiger partial charge in [0, 0.05) is 48.7 Å². The number of nitrogens with one attached hydrogen (secondary N) is 1. The number of carbonyl (C=O) groups is 2. The van der Waals surface area contributed by atoms with Crippen LogP contribution in [0.1, 0.15) is 22.8 Å². The van der Waals surface area contributed by atoms with Crippen LogP contribution in [0.15, 0.2) is 72.9 Å². The van der Waals surface area contributed by atoms with Crippen molar-refractivity contribution in [3.05, 3.63) is 89.1 Å². The standard InChI is InChI=1S/C24H23ClN4O2/c1-17-16-28(23-21(25)8-5-13-26-23)14-15-29(17)24(31)27-20-11-9-19(10-12-20)22(30)18-6-3-2-4-7-18/h2-13,17H,14-16H2,1H3,(H,27,31). The van der Waals surface area contributed by atoms with Gasteiger partial charge in [0.15, 0.2) is 5.78 Å². The first-order valence-electron chi connectivity index (χ1n) is 10.2. The van der Waals surface area contributed by atoms with E-state index in [4.69, 9.17) is 11.6 Å². The third kappa shape index (κ3) is 4.70. The Kier molecular flexibility index (Phi) is 6.18. The van der Waals surface area contributed by atoms with Crippen molar-refractivity contribution in [2.45, 2.75) is 13.0 Å². The highest BCUT2D eigenvalue weighted by Gasteiger charge is 2.29. The molecular weight excluding hydrogens is 412 g/mol. The molecule has 1 aliphatic rings. The minimum Gasteiger partial charge on any atom is -0.352 e. The molecule has 1 saturated heterocycles. The number of rotatable bonds is 4. The molecule has 1 N–H and O–H groups in total. The maximum atomic E-state index is 12.8. The highest BCUT2D eigenvalue weighted by atomic mass is 35.5. The summed E-state index contributed by atoms with van der Waals surface area (Å²) in [4.78, 5) is 33.6. The molecule has 2 amide bonds. The first kappa shape index (κ1) is 20.9. The molecule has 0 aliphatic carbocycles. The number of pyridine rings is 1. The number of piperazine rings is 1. The van der Waals surface area contributed by atoms with Crippen molar-refractivity contribution in [3.8, 4) is 0 Å². The van der Waals surface area contributed by atoms with E-state index in [1.165, 1.54) is 0 Å². The summed E-state index contributed by atoms with van der Waals surface area (Å²) in [6.07, 6.45) is 1.72. The quantitative estimate of drug-likeness (QED) is 0.604. The normalized spacial score (nSPS) is 16.1. The molecular formula is C24H23ClN4O2. The highest BCUT2D eigenvalue weighted by Crippen LogP contribution is 2.25. The fourth-order valence-corrected chi connectivity index (χ4v) is 3.96. The van der Waals surface area contributed by atoms with E-state index in [1.54, 1.807) is 53.6 Å². The van der Waals surface area contributed by atoms with Crippen molar-refractivity contribution < 1.29 is 9.59 Å². The number of hydrogen-bond acceptors (Lipinski definition) is 4. The van der Waals surface area contributed by atoms with E-state index in [0.717, 1.165) is 5.82 Å². The van der Waals surface area contributed by atoms with Gasteiger partial charge in [-0.25, -0.2) is 9.78 Å². The Bertz CT molecular complexity index is 1070. The van der Waals surface area contributed by atoms with Gasteiger partial charge in [0.1, 0.15) is 5.82 Å². The van der Waals surface area contributed by atoms with E-state index in [-0.39, 0.29) is 17.9 Å². The van der Waals surface area contributed by atoms with E-state index >= 15 is 0 Å². The topological polar surface area (TPSA) is 65.5 Å². The third-order valence-electron chi connectivity index (χ3n) is 5.36. The monoisotopic (exact) mass is 434 g/mol. The number of anilines is 2. The molecule has 31 heavy (non-hydrogen) atoms. The molecule has 6 nitrogen and oxygen atoms in total. The van der Waals surface area contributed by atoms with E-state index in [9.17, 15) is 9.59 Å². The second-order valence-electron chi connectivity index (χ2n) is 7.50. The largest absolute Gasteiger partial charge is 0.352 e. The van der Waals surface area contributed by atoms with Gasteiger partial charge in [-0.2, -0.15) is 0 Å². The van der Waals surface area contributed by atoms with Crippen LogP contribution in [0.25, 0.3) is 0 Å². The molecule has 0 saturated carbocycles. The Morgan fingerprint density at radius 2 is 1.68 bits per heavy atom. The van der Waals surface area contributed by atoms with Gasteiger partial charge in [0.05, 0.1) is 5.02 Å². The second kappa shape index (κ2) is 9.18. The van der Waals surface area contributed by atoms with E-state index in [1.807, 2.05) is 31.2 Å². The summed E-state index contributed by atoms with van der Waals surface area (Å²) >= 11 is 6.26. The molecule has 0 bridgehead atoms. The Balaban J connectivity index is 1.37. The van der Waals surface area contributed by atoms with Crippen LogP contribution in [0.3, 0.4) is 0 Å². The molecule has 4 rings (SSSR count). The van der Waals surface area contributed by atoms with Crippen LogP contribution in [0.2, 0.25) is 5.02 Å². The minimum atomic E-state index is -0.165. The van der Waals surface area contributed by atoms with E-state index < -0.39 is 0 Å². The molecule has 0 radical (unpaired) electrons. The second-order valence-corrected chi connectivity index (χ2v) is 7.91. The van der Waals surface area contributed by atoms with Crippen molar-refractivity contribution in [2.24, 2.45) is 0 Å². The molecule has 3 aromatic rings. The zero-order valence-electron chi connectivity index (χ0n) is 17.2. The average Bonchev–Trinajstić information content (AvgIpc) is 2.80. The van der Waals surface area contributed by atoms with Gasteiger partial charge in [0.2, 0.25) is 0 Å². The maximum absolute atomic E-state index is 12.8. The molecule has 158 valence electrons. The lowest BCUT2D eigenvalue weighted by atomic mass is 10.0. The summed E-state index contributed by atoms with van der Waals surface area (Å²) in [5, 5.41) is 3.54. The lowest BCUT2D eigenvalue weighted by Crippen LogP contribution is -2.55.